The predicted octanol–water partition coefficient (Wildman–Crippen LogP) is -1.51. The molecule has 2 fully saturated rings. The van der Waals surface area contributed by atoms with Crippen molar-refractivity contribution in [2.75, 3.05) is 13.2 Å². The van der Waals surface area contributed by atoms with Crippen LogP contribution in [0.25, 0.3) is 0 Å². The molecule has 11 nitrogen and oxygen atoms in total. The van der Waals surface area contributed by atoms with Gasteiger partial charge in [-0.3, -0.25) is 4.79 Å². The van der Waals surface area contributed by atoms with Crippen molar-refractivity contribution in [3.63, 3.8) is 0 Å². The molecular formula is C19H37NO10Si. The molecule has 2 aliphatic rings. The molecule has 6 N–H and O–H groups in total. The van der Waals surface area contributed by atoms with Crippen molar-refractivity contribution >= 4 is 14.0 Å². The topological polar surface area (TPSA) is 167 Å². The molecule has 0 aromatic heterocycles. The molecule has 0 spiro atoms. The Kier molecular flexibility index (Phi) is 9.01. The molecule has 2 saturated heterocycles. The van der Waals surface area contributed by atoms with Crippen LogP contribution in [-0.4, -0.2) is 108 Å². The molecule has 0 saturated carbocycles. The maximum absolute atomic E-state index is 11.7. The van der Waals surface area contributed by atoms with Crippen molar-refractivity contribution in [3.8, 4) is 0 Å². The molecule has 2 rings (SSSR count). The fourth-order valence-corrected chi connectivity index (χ4v) is 4.31. The summed E-state index contributed by atoms with van der Waals surface area (Å²) in [7, 11) is -1.47. The summed E-state index contributed by atoms with van der Waals surface area (Å²) in [4.78, 5) is 11.7. The van der Waals surface area contributed by atoms with Gasteiger partial charge in [-0.1, -0.05) is 19.6 Å². The van der Waals surface area contributed by atoms with Crippen LogP contribution in [-0.2, 0) is 23.7 Å². The zero-order valence-corrected chi connectivity index (χ0v) is 19.7. The van der Waals surface area contributed by atoms with E-state index in [0.29, 0.717) is 0 Å². The lowest BCUT2D eigenvalue weighted by Crippen LogP contribution is -2.74. The molecule has 0 aromatic carbocycles. The summed E-state index contributed by atoms with van der Waals surface area (Å²) in [5.74, 6) is -0.633. The predicted molar refractivity (Wildman–Crippen MR) is 110 cm³/mol. The molecule has 1 amide bonds. The SMILES string of the molecule is CC(=O)N[C@]1(O)[C@H](OCC[Si](C)(C)C)O[C@H](CO)[C@@H](O[C@H]2C[C@H](O)[C@H](O)[C@H](C)O2)[C@@H]1O. The van der Waals surface area contributed by atoms with Gasteiger partial charge in [0.15, 0.2) is 6.29 Å². The van der Waals surface area contributed by atoms with E-state index < -0.39 is 75.5 Å². The van der Waals surface area contributed by atoms with E-state index in [1.807, 2.05) is 0 Å². The minimum atomic E-state index is -2.35. The van der Waals surface area contributed by atoms with Gasteiger partial charge in [-0.25, -0.2) is 0 Å². The number of ether oxygens (including phenoxy) is 4. The van der Waals surface area contributed by atoms with Crippen LogP contribution in [0.4, 0.5) is 0 Å². The van der Waals surface area contributed by atoms with Crippen LogP contribution in [0, 0.1) is 0 Å². The first-order valence-electron chi connectivity index (χ1n) is 10.5. The van der Waals surface area contributed by atoms with E-state index >= 15 is 0 Å². The minimum Gasteiger partial charge on any atom is -0.394 e. The highest BCUT2D eigenvalue weighted by molar-refractivity contribution is 6.76. The first kappa shape index (κ1) is 26.6. The van der Waals surface area contributed by atoms with Crippen molar-refractivity contribution in [2.45, 2.75) is 101 Å². The number of amides is 1. The summed E-state index contributed by atoms with van der Waals surface area (Å²) in [5.41, 5.74) is -2.35. The Hall–Kier alpha value is -0.673. The van der Waals surface area contributed by atoms with Crippen molar-refractivity contribution in [3.05, 3.63) is 0 Å². The van der Waals surface area contributed by atoms with Gasteiger partial charge < -0.3 is 49.8 Å². The summed E-state index contributed by atoms with van der Waals surface area (Å²) in [6, 6.07) is 0.747. The lowest BCUT2D eigenvalue weighted by atomic mass is 9.92. The molecule has 12 heteroatoms. The fourth-order valence-electron chi connectivity index (χ4n) is 3.58. The van der Waals surface area contributed by atoms with E-state index in [1.54, 1.807) is 6.92 Å². The molecule has 0 aliphatic carbocycles. The molecule has 0 bridgehead atoms. The Morgan fingerprint density at radius 3 is 2.39 bits per heavy atom. The highest BCUT2D eigenvalue weighted by Gasteiger charge is 2.58. The molecule has 2 heterocycles. The van der Waals surface area contributed by atoms with Gasteiger partial charge >= 0.3 is 0 Å². The Morgan fingerprint density at radius 1 is 1.23 bits per heavy atom. The maximum Gasteiger partial charge on any atom is 0.219 e. The molecule has 182 valence electrons. The minimum absolute atomic E-state index is 0.0957. The van der Waals surface area contributed by atoms with Gasteiger partial charge in [-0.05, 0) is 13.0 Å². The van der Waals surface area contributed by atoms with E-state index in [0.717, 1.165) is 6.04 Å². The van der Waals surface area contributed by atoms with Crippen LogP contribution in [0.15, 0.2) is 0 Å². The average Bonchev–Trinajstić information content (AvgIpc) is 2.64. The van der Waals surface area contributed by atoms with Crippen LogP contribution in [0.1, 0.15) is 20.3 Å². The standard InChI is InChI=1S/C19H37NO10Si/c1-10-15(24)12(23)8-14(28-10)30-16-13(9-21)29-18(27-6-7-31(3,4)5)19(26,17(16)25)20-11(2)22/h10,12-18,21,23-26H,6-9H2,1-5H3,(H,20,22)/t10-,12-,13+,14-,15+,16+,17-,18+,19+/m0/s1. The van der Waals surface area contributed by atoms with Gasteiger partial charge in [0.1, 0.15) is 24.4 Å². The van der Waals surface area contributed by atoms with Gasteiger partial charge in [0.25, 0.3) is 0 Å². The van der Waals surface area contributed by atoms with E-state index in [9.17, 15) is 30.3 Å². The maximum atomic E-state index is 11.7. The zero-order chi connectivity index (χ0) is 23.6. The Morgan fingerprint density at radius 2 is 1.87 bits per heavy atom. The normalized spacial score (nSPS) is 41.7. The summed E-state index contributed by atoms with van der Waals surface area (Å²) < 4.78 is 22.6. The first-order chi connectivity index (χ1) is 14.3. The number of carbonyl (C=O) groups is 1. The Labute approximate surface area is 183 Å². The monoisotopic (exact) mass is 467 g/mol. The molecule has 31 heavy (non-hydrogen) atoms. The van der Waals surface area contributed by atoms with E-state index in [-0.39, 0.29) is 13.0 Å². The lowest BCUT2D eigenvalue weighted by molar-refractivity contribution is -0.372. The second-order valence-corrected chi connectivity index (χ2v) is 15.1. The van der Waals surface area contributed by atoms with Gasteiger partial charge in [0.2, 0.25) is 17.9 Å². The molecule has 0 aromatic rings. The number of hydrogen-bond acceptors (Lipinski definition) is 10. The third-order valence-electron chi connectivity index (χ3n) is 5.45. The molecule has 0 radical (unpaired) electrons. The Balaban J connectivity index is 2.20. The molecule has 0 unspecified atom stereocenters. The van der Waals surface area contributed by atoms with Crippen LogP contribution < -0.4 is 5.32 Å². The smallest absolute Gasteiger partial charge is 0.219 e. The van der Waals surface area contributed by atoms with Gasteiger partial charge in [0, 0.05) is 28.0 Å². The lowest BCUT2D eigenvalue weighted by Gasteiger charge is -2.50. The molecular weight excluding hydrogens is 430 g/mol. The van der Waals surface area contributed by atoms with Crippen molar-refractivity contribution in [1.29, 1.82) is 0 Å². The highest BCUT2D eigenvalue weighted by atomic mass is 28.3. The number of rotatable bonds is 8. The van der Waals surface area contributed by atoms with E-state index in [1.165, 1.54) is 6.92 Å². The van der Waals surface area contributed by atoms with Gasteiger partial charge in [-0.2, -0.15) is 0 Å². The number of hydrogen-bond donors (Lipinski definition) is 6. The van der Waals surface area contributed by atoms with Crippen molar-refractivity contribution in [2.24, 2.45) is 0 Å². The van der Waals surface area contributed by atoms with Crippen LogP contribution in [0.3, 0.4) is 0 Å². The number of aliphatic hydroxyl groups is 5. The summed E-state index contributed by atoms with van der Waals surface area (Å²) in [6.07, 6.45) is -9.72. The first-order valence-corrected chi connectivity index (χ1v) is 14.2. The summed E-state index contributed by atoms with van der Waals surface area (Å²) in [6.45, 7) is 8.81. The molecule has 2 aliphatic heterocycles. The van der Waals surface area contributed by atoms with Crippen LogP contribution in [0.2, 0.25) is 25.7 Å². The van der Waals surface area contributed by atoms with Crippen molar-refractivity contribution in [1.82, 2.24) is 5.32 Å². The van der Waals surface area contributed by atoms with Crippen LogP contribution >= 0.6 is 0 Å². The van der Waals surface area contributed by atoms with Gasteiger partial charge in [0.05, 0.1) is 18.8 Å². The quantitative estimate of drug-likeness (QED) is 0.182. The zero-order valence-electron chi connectivity index (χ0n) is 18.7. The van der Waals surface area contributed by atoms with Crippen LogP contribution in [0.5, 0.6) is 0 Å². The second kappa shape index (κ2) is 10.5. The largest absolute Gasteiger partial charge is 0.394 e. The summed E-state index contributed by atoms with van der Waals surface area (Å²) >= 11 is 0. The Bertz CT molecular complexity index is 593. The summed E-state index contributed by atoms with van der Waals surface area (Å²) in [5, 5.41) is 54.0. The third kappa shape index (κ3) is 6.66. The fraction of sp³-hybridized carbons (Fsp3) is 0.947. The van der Waals surface area contributed by atoms with Gasteiger partial charge in [-0.15, -0.1) is 0 Å². The number of carbonyl (C=O) groups excluding carboxylic acids is 1. The highest BCUT2D eigenvalue weighted by Crippen LogP contribution is 2.33. The van der Waals surface area contributed by atoms with E-state index in [4.69, 9.17) is 18.9 Å². The number of aliphatic hydroxyl groups excluding tert-OH is 4. The van der Waals surface area contributed by atoms with E-state index in [2.05, 4.69) is 25.0 Å². The average molecular weight is 468 g/mol. The number of nitrogens with one attached hydrogen (secondary N) is 1. The third-order valence-corrected chi connectivity index (χ3v) is 7.15. The second-order valence-electron chi connectivity index (χ2n) is 9.49. The van der Waals surface area contributed by atoms with Crippen molar-refractivity contribution < 1.29 is 49.3 Å². The molecule has 9 atom stereocenters.